The highest BCUT2D eigenvalue weighted by Crippen LogP contribution is 2.26. The van der Waals surface area contributed by atoms with E-state index in [9.17, 15) is 0 Å². The first kappa shape index (κ1) is 9.25. The summed E-state index contributed by atoms with van der Waals surface area (Å²) in [5.74, 6) is 0. The van der Waals surface area contributed by atoms with Crippen LogP contribution in [0.4, 0.5) is 0 Å². The van der Waals surface area contributed by atoms with Gasteiger partial charge in [0.15, 0.2) is 0 Å². The summed E-state index contributed by atoms with van der Waals surface area (Å²) in [4.78, 5) is 7.77. The van der Waals surface area contributed by atoms with Crippen molar-refractivity contribution in [1.82, 2.24) is 9.97 Å². The normalized spacial score (nSPS) is 12.3. The second-order valence-electron chi connectivity index (χ2n) is 4.78. The van der Waals surface area contributed by atoms with Crippen molar-refractivity contribution in [3.8, 4) is 0 Å². The highest BCUT2D eigenvalue weighted by molar-refractivity contribution is 5.76. The summed E-state index contributed by atoms with van der Waals surface area (Å²) >= 11 is 0. The maximum Gasteiger partial charge on any atom is 0.0882 e. The van der Waals surface area contributed by atoms with Crippen molar-refractivity contribution >= 4 is 11.0 Å². The molecule has 2 nitrogen and oxygen atoms in total. The lowest BCUT2D eigenvalue weighted by Crippen LogP contribution is -2.13. The van der Waals surface area contributed by atoms with Gasteiger partial charge in [0.1, 0.15) is 0 Å². The fraction of sp³-hybridized carbons (Fsp3) is 0.417. The molecule has 0 unspecified atom stereocenters. The van der Waals surface area contributed by atoms with E-state index in [-0.39, 0.29) is 5.41 Å². The third-order valence-electron chi connectivity index (χ3n) is 2.53. The third kappa shape index (κ3) is 1.41. The first-order valence-corrected chi connectivity index (χ1v) is 4.94. The van der Waals surface area contributed by atoms with Crippen LogP contribution in [0.25, 0.3) is 11.0 Å². The predicted molar refractivity (Wildman–Crippen MR) is 59.5 cm³/mol. The van der Waals surface area contributed by atoms with Crippen LogP contribution in [0, 0.1) is 6.92 Å². The summed E-state index contributed by atoms with van der Waals surface area (Å²) < 4.78 is 0. The molecule has 1 N–H and O–H groups in total. The molecule has 2 aromatic rings. The van der Waals surface area contributed by atoms with Crippen molar-refractivity contribution < 1.29 is 0 Å². The number of hydrogen-bond donors (Lipinski definition) is 1. The quantitative estimate of drug-likeness (QED) is 0.676. The molecule has 2 heteroatoms. The van der Waals surface area contributed by atoms with Gasteiger partial charge in [-0.2, -0.15) is 0 Å². The molecule has 0 spiro atoms. The van der Waals surface area contributed by atoms with E-state index in [4.69, 9.17) is 0 Å². The van der Waals surface area contributed by atoms with E-state index in [1.54, 1.807) is 0 Å². The summed E-state index contributed by atoms with van der Waals surface area (Å²) in [6.45, 7) is 8.72. The van der Waals surface area contributed by atoms with Crippen LogP contribution < -0.4 is 0 Å². The lowest BCUT2D eigenvalue weighted by molar-refractivity contribution is 0.583. The molecule has 14 heavy (non-hydrogen) atoms. The Bertz CT molecular complexity index is 461. The monoisotopic (exact) mass is 188 g/mol. The van der Waals surface area contributed by atoms with Crippen molar-refractivity contribution in [3.63, 3.8) is 0 Å². The molecule has 74 valence electrons. The van der Waals surface area contributed by atoms with Gasteiger partial charge in [-0.15, -0.1) is 0 Å². The summed E-state index contributed by atoms with van der Waals surface area (Å²) in [7, 11) is 0. The minimum atomic E-state index is 0.163. The predicted octanol–water partition coefficient (Wildman–Crippen LogP) is 3.17. The van der Waals surface area contributed by atoms with Crippen LogP contribution in [0.5, 0.6) is 0 Å². The molecule has 0 atom stereocenters. The van der Waals surface area contributed by atoms with Crippen molar-refractivity contribution in [3.05, 3.63) is 29.6 Å². The SMILES string of the molecule is Cc1nc2cc[nH]c2cc1C(C)(C)C. The van der Waals surface area contributed by atoms with Gasteiger partial charge in [-0.05, 0) is 30.0 Å². The molecule has 2 aromatic heterocycles. The number of pyridine rings is 1. The Labute approximate surface area is 84.4 Å². The van der Waals surface area contributed by atoms with Crippen molar-refractivity contribution in [2.75, 3.05) is 0 Å². The van der Waals surface area contributed by atoms with Crippen LogP contribution in [0.1, 0.15) is 32.0 Å². The smallest absolute Gasteiger partial charge is 0.0882 e. The number of H-pyrrole nitrogens is 1. The molecule has 0 aliphatic rings. The van der Waals surface area contributed by atoms with Crippen LogP contribution in [0.3, 0.4) is 0 Å². The molecule has 0 aromatic carbocycles. The van der Waals surface area contributed by atoms with Crippen molar-refractivity contribution in [1.29, 1.82) is 0 Å². The van der Waals surface area contributed by atoms with Crippen molar-refractivity contribution in [2.24, 2.45) is 0 Å². The number of nitrogens with zero attached hydrogens (tertiary/aromatic N) is 1. The molecule has 0 bridgehead atoms. The molecular formula is C12H16N2. The van der Waals surface area contributed by atoms with Crippen LogP contribution in [-0.4, -0.2) is 9.97 Å². The maximum atomic E-state index is 4.57. The number of fused-ring (bicyclic) bond motifs is 1. The first-order chi connectivity index (χ1) is 6.48. The van der Waals surface area contributed by atoms with Gasteiger partial charge in [0.25, 0.3) is 0 Å². The minimum Gasteiger partial charge on any atom is -0.360 e. The van der Waals surface area contributed by atoms with Crippen LogP contribution in [-0.2, 0) is 5.41 Å². The molecular weight excluding hydrogens is 172 g/mol. The van der Waals surface area contributed by atoms with Gasteiger partial charge in [0, 0.05) is 11.9 Å². The molecule has 0 saturated heterocycles. The Balaban J connectivity index is 2.71. The zero-order chi connectivity index (χ0) is 10.3. The van der Waals surface area contributed by atoms with E-state index >= 15 is 0 Å². The Morgan fingerprint density at radius 1 is 1.29 bits per heavy atom. The Hall–Kier alpha value is -1.31. The first-order valence-electron chi connectivity index (χ1n) is 4.94. The lowest BCUT2D eigenvalue weighted by Gasteiger charge is -2.20. The average Bonchev–Trinajstić information content (AvgIpc) is 2.47. The van der Waals surface area contributed by atoms with Gasteiger partial charge in [-0.25, -0.2) is 0 Å². The van der Waals surface area contributed by atoms with Crippen LogP contribution in [0.15, 0.2) is 18.3 Å². The zero-order valence-corrected chi connectivity index (χ0v) is 9.18. The fourth-order valence-electron chi connectivity index (χ4n) is 1.84. The van der Waals surface area contributed by atoms with E-state index in [0.29, 0.717) is 0 Å². The van der Waals surface area contributed by atoms with E-state index in [1.807, 2.05) is 12.3 Å². The largest absolute Gasteiger partial charge is 0.360 e. The Morgan fingerprint density at radius 2 is 2.00 bits per heavy atom. The molecule has 0 fully saturated rings. The van der Waals surface area contributed by atoms with Gasteiger partial charge < -0.3 is 4.98 Å². The van der Waals surface area contributed by atoms with E-state index in [2.05, 4.69) is 43.7 Å². The summed E-state index contributed by atoms with van der Waals surface area (Å²) in [5, 5.41) is 0. The molecule has 0 aliphatic carbocycles. The maximum absolute atomic E-state index is 4.57. The average molecular weight is 188 g/mol. The molecule has 2 heterocycles. The Kier molecular flexibility index (Phi) is 1.88. The number of aromatic amines is 1. The second-order valence-corrected chi connectivity index (χ2v) is 4.78. The lowest BCUT2D eigenvalue weighted by atomic mass is 9.86. The molecule has 0 aliphatic heterocycles. The van der Waals surface area contributed by atoms with E-state index < -0.39 is 0 Å². The number of rotatable bonds is 0. The highest BCUT2D eigenvalue weighted by atomic mass is 14.8. The van der Waals surface area contributed by atoms with Gasteiger partial charge in [0.05, 0.1) is 11.0 Å². The van der Waals surface area contributed by atoms with Gasteiger partial charge in [-0.3, -0.25) is 4.98 Å². The standard InChI is InChI=1S/C12H16N2/c1-8-9(12(2,3)4)7-11-10(14-8)5-6-13-11/h5-7,13H,1-4H3. The number of nitrogens with one attached hydrogen (secondary N) is 1. The number of hydrogen-bond acceptors (Lipinski definition) is 1. The molecule has 0 radical (unpaired) electrons. The van der Waals surface area contributed by atoms with Gasteiger partial charge in [0.2, 0.25) is 0 Å². The molecule has 0 saturated carbocycles. The highest BCUT2D eigenvalue weighted by Gasteiger charge is 2.17. The number of aryl methyl sites for hydroxylation is 1. The van der Waals surface area contributed by atoms with Crippen LogP contribution >= 0.6 is 0 Å². The fourth-order valence-corrected chi connectivity index (χ4v) is 1.84. The van der Waals surface area contributed by atoms with Crippen LogP contribution in [0.2, 0.25) is 0 Å². The summed E-state index contributed by atoms with van der Waals surface area (Å²) in [6, 6.07) is 4.21. The van der Waals surface area contributed by atoms with Gasteiger partial charge >= 0.3 is 0 Å². The molecule has 0 amide bonds. The van der Waals surface area contributed by atoms with Crippen molar-refractivity contribution in [2.45, 2.75) is 33.1 Å². The van der Waals surface area contributed by atoms with Gasteiger partial charge in [-0.1, -0.05) is 20.8 Å². The summed E-state index contributed by atoms with van der Waals surface area (Å²) in [5.41, 5.74) is 4.78. The zero-order valence-electron chi connectivity index (χ0n) is 9.18. The Morgan fingerprint density at radius 3 is 2.64 bits per heavy atom. The number of aromatic nitrogens is 2. The minimum absolute atomic E-state index is 0.163. The third-order valence-corrected chi connectivity index (χ3v) is 2.53. The van der Waals surface area contributed by atoms with E-state index in [0.717, 1.165) is 16.7 Å². The topological polar surface area (TPSA) is 28.7 Å². The summed E-state index contributed by atoms with van der Waals surface area (Å²) in [6.07, 6.45) is 1.93. The second kappa shape index (κ2) is 2.84. The van der Waals surface area contributed by atoms with E-state index in [1.165, 1.54) is 5.56 Å². The molecule has 2 rings (SSSR count).